The van der Waals surface area contributed by atoms with Crippen molar-refractivity contribution in [1.82, 2.24) is 0 Å². The van der Waals surface area contributed by atoms with Gasteiger partial charge in [0.25, 0.3) is 0 Å². The van der Waals surface area contributed by atoms with Crippen LogP contribution in [0.3, 0.4) is 0 Å². The summed E-state index contributed by atoms with van der Waals surface area (Å²) in [6.07, 6.45) is 7.22. The maximum Gasteiger partial charge on any atom is 0.182 e. The van der Waals surface area contributed by atoms with Crippen LogP contribution in [0.4, 0.5) is 0 Å². The number of aliphatic hydroxyl groups excluding tert-OH is 1. The molecule has 24 heavy (non-hydrogen) atoms. The Bertz CT molecular complexity index is 787. The normalized spacial score (nSPS) is 12.0. The van der Waals surface area contributed by atoms with Gasteiger partial charge in [-0.3, -0.25) is 4.79 Å². The van der Waals surface area contributed by atoms with E-state index in [9.17, 15) is 15.0 Å². The van der Waals surface area contributed by atoms with E-state index >= 15 is 0 Å². The minimum Gasteiger partial charge on any atom is -0.508 e. The quantitative estimate of drug-likeness (QED) is 0.476. The predicted octanol–water partition coefficient (Wildman–Crippen LogP) is 4.14. The van der Waals surface area contributed by atoms with Crippen molar-refractivity contribution >= 4 is 17.9 Å². The molecular weight excluding hydrogens is 304 g/mol. The average Bonchev–Trinajstić information content (AvgIpc) is 2.60. The molecule has 4 nitrogen and oxygen atoms in total. The van der Waals surface area contributed by atoms with Crippen LogP contribution in [0.5, 0.6) is 11.5 Å². The van der Waals surface area contributed by atoms with Crippen LogP contribution in [-0.2, 0) is 4.79 Å². The van der Waals surface area contributed by atoms with Gasteiger partial charge < -0.3 is 14.9 Å². The second-order valence-corrected chi connectivity index (χ2v) is 4.98. The highest BCUT2D eigenvalue weighted by Gasteiger charge is 2.00. The molecular formula is C20H18O4. The number of hydrogen-bond donors (Lipinski definition) is 2. The van der Waals surface area contributed by atoms with Gasteiger partial charge in [-0.15, -0.1) is 0 Å². The number of phenolic OH excluding ortho intramolecular Hbond substituents is 1. The number of methoxy groups -OCH3 is 1. The van der Waals surface area contributed by atoms with E-state index in [-0.39, 0.29) is 17.3 Å². The van der Waals surface area contributed by atoms with Crippen LogP contribution in [-0.4, -0.2) is 23.1 Å². The van der Waals surface area contributed by atoms with Gasteiger partial charge in [-0.1, -0.05) is 48.6 Å². The zero-order chi connectivity index (χ0) is 17.4. The van der Waals surface area contributed by atoms with Crippen molar-refractivity contribution in [2.45, 2.75) is 0 Å². The fourth-order valence-corrected chi connectivity index (χ4v) is 1.96. The molecule has 2 rings (SSSR count). The van der Waals surface area contributed by atoms with Crippen molar-refractivity contribution in [1.29, 1.82) is 0 Å². The molecule has 2 N–H and O–H groups in total. The fourth-order valence-electron chi connectivity index (χ4n) is 1.96. The molecule has 0 aromatic heterocycles. The molecule has 0 unspecified atom stereocenters. The van der Waals surface area contributed by atoms with Crippen molar-refractivity contribution in [2.24, 2.45) is 0 Å². The van der Waals surface area contributed by atoms with E-state index in [1.54, 1.807) is 24.3 Å². The Kier molecular flexibility index (Phi) is 5.97. The van der Waals surface area contributed by atoms with Crippen LogP contribution in [0.15, 0.2) is 72.5 Å². The summed E-state index contributed by atoms with van der Waals surface area (Å²) in [5.74, 6) is -0.104. The number of benzene rings is 2. The topological polar surface area (TPSA) is 66.8 Å². The lowest BCUT2D eigenvalue weighted by atomic mass is 10.1. The second-order valence-electron chi connectivity index (χ2n) is 4.98. The Morgan fingerprint density at radius 2 is 1.71 bits per heavy atom. The molecule has 2 aromatic carbocycles. The minimum absolute atomic E-state index is 0.0376. The van der Waals surface area contributed by atoms with E-state index in [4.69, 9.17) is 4.74 Å². The Morgan fingerprint density at radius 1 is 1.00 bits per heavy atom. The molecule has 0 radical (unpaired) electrons. The molecule has 0 fully saturated rings. The first kappa shape index (κ1) is 17.1. The molecule has 0 bridgehead atoms. The van der Waals surface area contributed by atoms with E-state index in [1.165, 1.54) is 25.3 Å². The molecule has 122 valence electrons. The smallest absolute Gasteiger partial charge is 0.182 e. The number of aliphatic hydroxyl groups is 1. The van der Waals surface area contributed by atoms with Crippen LogP contribution in [0.1, 0.15) is 11.1 Å². The molecule has 0 aliphatic heterocycles. The summed E-state index contributed by atoms with van der Waals surface area (Å²) in [6.45, 7) is 0. The summed E-state index contributed by atoms with van der Waals surface area (Å²) in [7, 11) is 1.46. The van der Waals surface area contributed by atoms with Crippen molar-refractivity contribution < 1.29 is 19.7 Å². The number of rotatable bonds is 6. The maximum atomic E-state index is 11.8. The molecule has 0 heterocycles. The highest BCUT2D eigenvalue weighted by Crippen LogP contribution is 2.26. The number of hydrogen-bond acceptors (Lipinski definition) is 4. The van der Waals surface area contributed by atoms with E-state index in [0.717, 1.165) is 17.2 Å². The minimum atomic E-state index is -0.315. The number of ketones is 1. The van der Waals surface area contributed by atoms with Crippen LogP contribution >= 0.6 is 0 Å². The largest absolute Gasteiger partial charge is 0.508 e. The van der Waals surface area contributed by atoms with E-state index in [1.807, 2.05) is 30.3 Å². The highest BCUT2D eigenvalue weighted by molar-refractivity contribution is 6.02. The molecule has 4 heteroatoms. The number of aromatic hydroxyl groups is 1. The maximum absolute atomic E-state index is 11.8. The Hall–Kier alpha value is -3.27. The third-order valence-corrected chi connectivity index (χ3v) is 3.18. The third-order valence-electron chi connectivity index (χ3n) is 3.18. The van der Waals surface area contributed by atoms with E-state index in [2.05, 4.69) is 0 Å². The van der Waals surface area contributed by atoms with E-state index < -0.39 is 0 Å². The first-order valence-electron chi connectivity index (χ1n) is 7.31. The van der Waals surface area contributed by atoms with Crippen molar-refractivity contribution in [3.63, 3.8) is 0 Å². The van der Waals surface area contributed by atoms with Crippen molar-refractivity contribution in [3.8, 4) is 11.5 Å². The molecule has 0 aliphatic carbocycles. The Labute approximate surface area is 140 Å². The van der Waals surface area contributed by atoms with Gasteiger partial charge in [0.1, 0.15) is 5.76 Å². The summed E-state index contributed by atoms with van der Waals surface area (Å²) in [6, 6.07) is 14.2. The molecule has 0 amide bonds. The summed E-state index contributed by atoms with van der Waals surface area (Å²) >= 11 is 0. The SMILES string of the molecule is COc1cc(/C=C/C(O)=C/C(=O)/C=C/c2ccccc2)ccc1O. The van der Waals surface area contributed by atoms with Gasteiger partial charge >= 0.3 is 0 Å². The van der Waals surface area contributed by atoms with Crippen LogP contribution in [0.2, 0.25) is 0 Å². The number of carbonyl (C=O) groups excluding carboxylic acids is 1. The lowest BCUT2D eigenvalue weighted by Gasteiger charge is -2.03. The molecule has 2 aromatic rings. The second kappa shape index (κ2) is 8.39. The van der Waals surface area contributed by atoms with Gasteiger partial charge in [-0.05, 0) is 35.4 Å². The van der Waals surface area contributed by atoms with Crippen LogP contribution in [0.25, 0.3) is 12.2 Å². The van der Waals surface area contributed by atoms with Gasteiger partial charge in [-0.2, -0.15) is 0 Å². The zero-order valence-corrected chi connectivity index (χ0v) is 13.2. The van der Waals surface area contributed by atoms with Gasteiger partial charge in [-0.25, -0.2) is 0 Å². The van der Waals surface area contributed by atoms with E-state index in [0.29, 0.717) is 5.75 Å². The first-order valence-corrected chi connectivity index (χ1v) is 7.31. The summed E-state index contributed by atoms with van der Waals surface area (Å²) < 4.78 is 5.01. The monoisotopic (exact) mass is 322 g/mol. The average molecular weight is 322 g/mol. The number of ether oxygens (including phenoxy) is 1. The molecule has 0 atom stereocenters. The Morgan fingerprint density at radius 3 is 2.42 bits per heavy atom. The van der Waals surface area contributed by atoms with Crippen LogP contribution < -0.4 is 4.74 Å². The number of allylic oxidation sites excluding steroid dienone is 3. The van der Waals surface area contributed by atoms with Crippen LogP contribution in [0, 0.1) is 0 Å². The summed E-state index contributed by atoms with van der Waals surface area (Å²) in [5.41, 5.74) is 1.63. The van der Waals surface area contributed by atoms with Crippen molar-refractivity contribution in [2.75, 3.05) is 7.11 Å². The summed E-state index contributed by atoms with van der Waals surface area (Å²) in [5, 5.41) is 19.3. The zero-order valence-electron chi connectivity index (χ0n) is 13.2. The lowest BCUT2D eigenvalue weighted by Crippen LogP contribution is -1.88. The Balaban J connectivity index is 2.02. The highest BCUT2D eigenvalue weighted by atomic mass is 16.5. The van der Waals surface area contributed by atoms with Gasteiger partial charge in [0.2, 0.25) is 0 Å². The van der Waals surface area contributed by atoms with Gasteiger partial charge in [0.15, 0.2) is 17.3 Å². The van der Waals surface area contributed by atoms with Gasteiger partial charge in [0, 0.05) is 6.08 Å². The number of phenols is 1. The molecule has 0 spiro atoms. The predicted molar refractivity (Wildman–Crippen MR) is 94.9 cm³/mol. The standard InChI is InChI=1S/C20H18O4/c1-24-20-13-16(9-12-19(20)23)8-11-18(22)14-17(21)10-7-15-5-3-2-4-6-15/h2-14,22-23H,1H3/b10-7+,11-8+,18-14-. The molecule has 0 saturated carbocycles. The third kappa shape index (κ3) is 5.18. The van der Waals surface area contributed by atoms with Gasteiger partial charge in [0.05, 0.1) is 7.11 Å². The molecule has 0 aliphatic rings. The van der Waals surface area contributed by atoms with Crippen molar-refractivity contribution in [3.05, 3.63) is 83.6 Å². The molecule has 0 saturated heterocycles. The first-order chi connectivity index (χ1) is 11.6. The lowest BCUT2D eigenvalue weighted by molar-refractivity contribution is -0.110. The summed E-state index contributed by atoms with van der Waals surface area (Å²) in [4.78, 5) is 11.8. The number of carbonyl (C=O) groups is 1. The fraction of sp³-hybridized carbons (Fsp3) is 0.0500.